The van der Waals surface area contributed by atoms with Crippen LogP contribution in [0.3, 0.4) is 0 Å². The van der Waals surface area contributed by atoms with Crippen molar-refractivity contribution >= 4 is 17.8 Å². The number of carbonyl (C=O) groups is 3. The highest BCUT2D eigenvalue weighted by atomic mass is 16.3. The Labute approximate surface area is 117 Å². The summed E-state index contributed by atoms with van der Waals surface area (Å²) < 4.78 is 0. The zero-order valence-electron chi connectivity index (χ0n) is 11.7. The summed E-state index contributed by atoms with van der Waals surface area (Å²) in [5, 5.41) is 18.6. The molecule has 0 fully saturated rings. The Hall–Kier alpha value is -1.87. The molecule has 0 aromatic heterocycles. The number of primary amides is 1. The van der Waals surface area contributed by atoms with Gasteiger partial charge in [-0.2, -0.15) is 0 Å². The lowest BCUT2D eigenvalue weighted by Crippen LogP contribution is -2.51. The minimum Gasteiger partial charge on any atom is -0.381 e. The van der Waals surface area contributed by atoms with Gasteiger partial charge in [0.25, 0.3) is 0 Å². The normalized spacial score (nSPS) is 13.2. The van der Waals surface area contributed by atoms with Gasteiger partial charge in [0.2, 0.25) is 11.8 Å². The lowest BCUT2D eigenvalue weighted by Gasteiger charge is -2.20. The maximum atomic E-state index is 11.8. The predicted molar refractivity (Wildman–Crippen MR) is 72.5 cm³/mol. The van der Waals surface area contributed by atoms with Crippen LogP contribution in [-0.2, 0) is 9.59 Å². The van der Waals surface area contributed by atoms with Crippen molar-refractivity contribution in [2.45, 2.75) is 31.8 Å². The highest BCUT2D eigenvalue weighted by Crippen LogP contribution is 1.98. The van der Waals surface area contributed by atoms with E-state index in [4.69, 9.17) is 10.8 Å². The molecule has 20 heavy (non-hydrogen) atoms. The highest BCUT2D eigenvalue weighted by Gasteiger charge is 2.21. The fourth-order valence-electron chi connectivity index (χ4n) is 1.49. The molecule has 4 amide bonds. The molecule has 0 aliphatic heterocycles. The van der Waals surface area contributed by atoms with Crippen LogP contribution in [0.1, 0.15) is 19.8 Å². The predicted octanol–water partition coefficient (Wildman–Crippen LogP) is -2.41. The van der Waals surface area contributed by atoms with Crippen LogP contribution in [0.5, 0.6) is 0 Å². The largest absolute Gasteiger partial charge is 0.381 e. The summed E-state index contributed by atoms with van der Waals surface area (Å²) >= 11 is 0. The number of amides is 4. The quantitative estimate of drug-likeness (QED) is 0.207. The Morgan fingerprint density at radius 1 is 1.25 bits per heavy atom. The van der Waals surface area contributed by atoms with Gasteiger partial charge in [0.15, 0.2) is 0 Å². The molecular weight excluding hydrogens is 266 g/mol. The number of hydrogen-bond donors (Lipinski definition) is 6. The van der Waals surface area contributed by atoms with Crippen molar-refractivity contribution in [1.82, 2.24) is 21.3 Å². The summed E-state index contributed by atoms with van der Waals surface area (Å²) in [7, 11) is 1.47. The summed E-state index contributed by atoms with van der Waals surface area (Å²) in [6.45, 7) is 1.56. The van der Waals surface area contributed by atoms with Crippen molar-refractivity contribution in [2.75, 3.05) is 20.3 Å². The average Bonchev–Trinajstić information content (AvgIpc) is 2.40. The Morgan fingerprint density at radius 3 is 2.40 bits per heavy atom. The highest BCUT2D eigenvalue weighted by molar-refractivity contribution is 5.89. The molecule has 0 aromatic rings. The van der Waals surface area contributed by atoms with Crippen LogP contribution in [0.2, 0.25) is 0 Å². The second-order valence-corrected chi connectivity index (χ2v) is 4.19. The number of nitrogens with one attached hydrogen (secondary N) is 4. The second-order valence-electron chi connectivity index (χ2n) is 4.19. The molecule has 0 rings (SSSR count). The third kappa shape index (κ3) is 7.54. The van der Waals surface area contributed by atoms with E-state index in [0.717, 1.165) is 0 Å². The van der Waals surface area contributed by atoms with E-state index in [1.807, 2.05) is 0 Å². The fourth-order valence-corrected chi connectivity index (χ4v) is 1.49. The third-order valence-corrected chi connectivity index (χ3v) is 2.64. The first kappa shape index (κ1) is 18.1. The Balaban J connectivity index is 4.31. The number of likely N-dealkylation sites (N-methyl/N-ethyl adjacent to an activating group) is 1. The molecule has 0 spiro atoms. The van der Waals surface area contributed by atoms with E-state index in [-0.39, 0.29) is 12.6 Å². The number of nitrogens with two attached hydrogens (primary N) is 1. The molecule has 0 aliphatic carbocycles. The summed E-state index contributed by atoms with van der Waals surface area (Å²) in [6.07, 6.45) is 0.848. The topological polar surface area (TPSA) is 146 Å². The van der Waals surface area contributed by atoms with Crippen LogP contribution < -0.4 is 27.0 Å². The first-order valence-corrected chi connectivity index (χ1v) is 6.31. The van der Waals surface area contributed by atoms with Crippen LogP contribution in [0.4, 0.5) is 4.79 Å². The van der Waals surface area contributed by atoms with Gasteiger partial charge in [0.1, 0.15) is 6.04 Å². The van der Waals surface area contributed by atoms with Crippen molar-refractivity contribution < 1.29 is 19.5 Å². The molecule has 7 N–H and O–H groups in total. The van der Waals surface area contributed by atoms with Gasteiger partial charge in [-0.1, -0.05) is 0 Å². The monoisotopic (exact) mass is 289 g/mol. The van der Waals surface area contributed by atoms with E-state index >= 15 is 0 Å². The van der Waals surface area contributed by atoms with Crippen molar-refractivity contribution in [3.05, 3.63) is 0 Å². The van der Waals surface area contributed by atoms with Gasteiger partial charge in [-0.25, -0.2) is 4.79 Å². The first-order valence-electron chi connectivity index (χ1n) is 6.31. The van der Waals surface area contributed by atoms with Crippen LogP contribution in [-0.4, -0.2) is 55.4 Å². The molecule has 0 aliphatic rings. The number of aliphatic hydroxyl groups excluding tert-OH is 1. The van der Waals surface area contributed by atoms with Crippen LogP contribution in [0.15, 0.2) is 0 Å². The number of hydrogen-bond acceptors (Lipinski definition) is 5. The number of urea groups is 1. The van der Waals surface area contributed by atoms with Crippen molar-refractivity contribution in [3.63, 3.8) is 0 Å². The maximum Gasteiger partial charge on any atom is 0.312 e. The van der Waals surface area contributed by atoms with Crippen LogP contribution in [0.25, 0.3) is 0 Å². The molecule has 0 saturated heterocycles. The van der Waals surface area contributed by atoms with Gasteiger partial charge < -0.3 is 26.8 Å². The molecule has 0 radical (unpaired) electrons. The molecule has 9 nitrogen and oxygen atoms in total. The number of carbonyl (C=O) groups excluding carboxylic acids is 3. The van der Waals surface area contributed by atoms with Gasteiger partial charge in [-0.15, -0.1) is 0 Å². The van der Waals surface area contributed by atoms with Gasteiger partial charge in [0.05, 0.1) is 12.8 Å². The zero-order valence-corrected chi connectivity index (χ0v) is 11.7. The third-order valence-electron chi connectivity index (χ3n) is 2.64. The second kappa shape index (κ2) is 9.98. The summed E-state index contributed by atoms with van der Waals surface area (Å²) in [5.41, 5.74) is 4.92. The van der Waals surface area contributed by atoms with Gasteiger partial charge in [-0.3, -0.25) is 14.9 Å². The average molecular weight is 289 g/mol. The van der Waals surface area contributed by atoms with Gasteiger partial charge >= 0.3 is 6.03 Å². The first-order chi connectivity index (χ1) is 9.42. The minimum atomic E-state index is -0.704. The molecule has 0 bridgehead atoms. The standard InChI is InChI=1S/C11H23N5O4/c1-7(15-6-17)9(18)16-8(10(19)13-2)4-3-5-14-11(12)20/h7-8,15,17H,3-6H2,1-2H3,(H,13,19)(H,16,18)(H3,12,14,20)/t7-,8-/m0/s1. The van der Waals surface area contributed by atoms with Crippen LogP contribution in [0, 0.1) is 0 Å². The van der Waals surface area contributed by atoms with E-state index in [2.05, 4.69) is 21.3 Å². The van der Waals surface area contributed by atoms with E-state index in [0.29, 0.717) is 19.4 Å². The zero-order chi connectivity index (χ0) is 15.5. The van der Waals surface area contributed by atoms with Crippen LogP contribution >= 0.6 is 0 Å². The molecule has 0 aromatic carbocycles. The Bertz CT molecular complexity index is 337. The molecule has 0 unspecified atom stereocenters. The SMILES string of the molecule is CNC(=O)[C@H](CCCNC(N)=O)NC(=O)[C@H](C)NCO. The lowest BCUT2D eigenvalue weighted by molar-refractivity contribution is -0.129. The smallest absolute Gasteiger partial charge is 0.312 e. The molecule has 2 atom stereocenters. The van der Waals surface area contributed by atoms with E-state index in [1.54, 1.807) is 6.92 Å². The molecule has 0 heterocycles. The van der Waals surface area contributed by atoms with Gasteiger partial charge in [0, 0.05) is 13.6 Å². The fraction of sp³-hybridized carbons (Fsp3) is 0.727. The molecule has 9 heteroatoms. The van der Waals surface area contributed by atoms with E-state index in [9.17, 15) is 14.4 Å². The summed E-state index contributed by atoms with van der Waals surface area (Å²) in [6, 6.07) is -1.95. The number of rotatable bonds is 9. The molecule has 0 saturated carbocycles. The summed E-state index contributed by atoms with van der Waals surface area (Å²) in [5.74, 6) is -0.718. The molecular formula is C11H23N5O4. The summed E-state index contributed by atoms with van der Waals surface area (Å²) in [4.78, 5) is 33.9. The van der Waals surface area contributed by atoms with Crippen molar-refractivity contribution in [3.8, 4) is 0 Å². The number of aliphatic hydroxyl groups is 1. The van der Waals surface area contributed by atoms with Crippen molar-refractivity contribution in [1.29, 1.82) is 0 Å². The van der Waals surface area contributed by atoms with E-state index in [1.165, 1.54) is 7.05 Å². The van der Waals surface area contributed by atoms with Gasteiger partial charge in [-0.05, 0) is 19.8 Å². The van der Waals surface area contributed by atoms with Crippen molar-refractivity contribution in [2.24, 2.45) is 5.73 Å². The lowest BCUT2D eigenvalue weighted by atomic mass is 10.1. The Kier molecular flexibility index (Phi) is 9.05. The minimum absolute atomic E-state index is 0.323. The molecule has 116 valence electrons. The van der Waals surface area contributed by atoms with E-state index < -0.39 is 24.0 Å². The maximum absolute atomic E-state index is 11.8. The Morgan fingerprint density at radius 2 is 1.90 bits per heavy atom.